The van der Waals surface area contributed by atoms with Gasteiger partial charge in [-0.25, -0.2) is 5.84 Å². The van der Waals surface area contributed by atoms with E-state index in [0.717, 1.165) is 5.96 Å². The average molecular weight is 184 g/mol. The van der Waals surface area contributed by atoms with Gasteiger partial charge in [-0.05, 0) is 12.8 Å². The van der Waals surface area contributed by atoms with Crippen molar-refractivity contribution in [1.29, 1.82) is 0 Å². The molecule has 0 amide bonds. The number of hydrazine groups is 1. The Hall–Kier alpha value is -0.770. The summed E-state index contributed by atoms with van der Waals surface area (Å²) in [5, 5.41) is 0. The molecule has 1 aliphatic rings. The third-order valence-corrected chi connectivity index (χ3v) is 2.80. The van der Waals surface area contributed by atoms with Gasteiger partial charge >= 0.3 is 0 Å². The van der Waals surface area contributed by atoms with E-state index in [2.05, 4.69) is 22.4 Å². The molecule has 1 aliphatic carbocycles. The van der Waals surface area contributed by atoms with Gasteiger partial charge in [0, 0.05) is 20.1 Å². The van der Waals surface area contributed by atoms with Gasteiger partial charge in [-0.1, -0.05) is 19.3 Å². The van der Waals surface area contributed by atoms with Crippen molar-refractivity contribution in [3.8, 4) is 0 Å². The van der Waals surface area contributed by atoms with Crippen LogP contribution in [0.15, 0.2) is 4.99 Å². The molecule has 0 aromatic carbocycles. The summed E-state index contributed by atoms with van der Waals surface area (Å²) in [6.45, 7) is 0. The summed E-state index contributed by atoms with van der Waals surface area (Å²) in [4.78, 5) is 6.24. The molecule has 4 nitrogen and oxygen atoms in total. The summed E-state index contributed by atoms with van der Waals surface area (Å²) in [7, 11) is 3.81. The number of hydrogen-bond donors (Lipinski definition) is 2. The topological polar surface area (TPSA) is 53.6 Å². The molecule has 0 spiro atoms. The maximum absolute atomic E-state index is 5.37. The van der Waals surface area contributed by atoms with Gasteiger partial charge in [0.1, 0.15) is 0 Å². The van der Waals surface area contributed by atoms with E-state index < -0.39 is 0 Å². The number of nitrogens with two attached hydrogens (primary N) is 1. The zero-order valence-corrected chi connectivity index (χ0v) is 8.58. The highest BCUT2D eigenvalue weighted by atomic mass is 15.4. The third-order valence-electron chi connectivity index (χ3n) is 2.80. The summed E-state index contributed by atoms with van der Waals surface area (Å²) in [5.41, 5.74) is 2.62. The Morgan fingerprint density at radius 2 is 2.00 bits per heavy atom. The second-order valence-electron chi connectivity index (χ2n) is 3.59. The summed E-state index contributed by atoms with van der Waals surface area (Å²) in [5.74, 6) is 6.15. The maximum atomic E-state index is 5.37. The highest BCUT2D eigenvalue weighted by Crippen LogP contribution is 2.21. The Labute approximate surface area is 80.2 Å². The lowest BCUT2D eigenvalue weighted by molar-refractivity contribution is 0.272. The molecule has 0 heterocycles. The van der Waals surface area contributed by atoms with Crippen LogP contribution in [0.25, 0.3) is 0 Å². The third kappa shape index (κ3) is 2.59. The Morgan fingerprint density at radius 3 is 2.46 bits per heavy atom. The summed E-state index contributed by atoms with van der Waals surface area (Å²) < 4.78 is 0. The standard InChI is InChI=1S/C9H20N4/c1-11-9(12-10)13(2)8-6-4-3-5-7-8/h8H,3-7,10H2,1-2H3,(H,11,12). The molecule has 1 saturated carbocycles. The highest BCUT2D eigenvalue weighted by molar-refractivity contribution is 5.79. The Balaban J connectivity index is 2.49. The van der Waals surface area contributed by atoms with Crippen molar-refractivity contribution in [2.24, 2.45) is 10.8 Å². The number of aliphatic imine (C=N–C) groups is 1. The summed E-state index contributed by atoms with van der Waals surface area (Å²) >= 11 is 0. The Kier molecular flexibility index (Phi) is 4.02. The molecule has 0 aromatic rings. The molecule has 0 saturated heterocycles. The molecule has 0 aromatic heterocycles. The van der Waals surface area contributed by atoms with Crippen LogP contribution in [0.1, 0.15) is 32.1 Å². The molecule has 1 fully saturated rings. The normalized spacial score (nSPS) is 20.1. The predicted octanol–water partition coefficient (Wildman–Crippen LogP) is 0.700. The fourth-order valence-corrected chi connectivity index (χ4v) is 1.97. The van der Waals surface area contributed by atoms with E-state index in [1.54, 1.807) is 7.05 Å². The molecule has 0 atom stereocenters. The van der Waals surface area contributed by atoms with Crippen LogP contribution < -0.4 is 11.3 Å². The van der Waals surface area contributed by atoms with Crippen LogP contribution in [-0.2, 0) is 0 Å². The average Bonchev–Trinajstić information content (AvgIpc) is 2.21. The minimum Gasteiger partial charge on any atom is -0.342 e. The minimum absolute atomic E-state index is 0.614. The predicted molar refractivity (Wildman–Crippen MR) is 55.3 cm³/mol. The number of nitrogens with one attached hydrogen (secondary N) is 1. The van der Waals surface area contributed by atoms with Crippen LogP contribution in [0.4, 0.5) is 0 Å². The van der Waals surface area contributed by atoms with Crippen LogP contribution in [0.3, 0.4) is 0 Å². The first-order chi connectivity index (χ1) is 6.29. The number of rotatable bonds is 1. The first kappa shape index (κ1) is 10.3. The Morgan fingerprint density at radius 1 is 1.38 bits per heavy atom. The number of hydrogen-bond acceptors (Lipinski definition) is 2. The van der Waals surface area contributed by atoms with E-state index in [0.29, 0.717) is 6.04 Å². The molecular weight excluding hydrogens is 164 g/mol. The lowest BCUT2D eigenvalue weighted by atomic mass is 9.95. The van der Waals surface area contributed by atoms with Crippen molar-refractivity contribution in [3.63, 3.8) is 0 Å². The fourth-order valence-electron chi connectivity index (χ4n) is 1.97. The van der Waals surface area contributed by atoms with Crippen LogP contribution in [0.5, 0.6) is 0 Å². The zero-order chi connectivity index (χ0) is 9.68. The van der Waals surface area contributed by atoms with E-state index in [-0.39, 0.29) is 0 Å². The molecule has 4 heteroatoms. The van der Waals surface area contributed by atoms with Gasteiger partial charge in [-0.15, -0.1) is 0 Å². The van der Waals surface area contributed by atoms with Crippen molar-refractivity contribution in [1.82, 2.24) is 10.3 Å². The van der Waals surface area contributed by atoms with Gasteiger partial charge in [-0.2, -0.15) is 0 Å². The molecule has 3 N–H and O–H groups in total. The van der Waals surface area contributed by atoms with Crippen molar-refractivity contribution in [2.45, 2.75) is 38.1 Å². The lowest BCUT2D eigenvalue weighted by Gasteiger charge is -2.32. The molecular formula is C9H20N4. The van der Waals surface area contributed by atoms with E-state index in [4.69, 9.17) is 5.84 Å². The molecule has 0 unspecified atom stereocenters. The van der Waals surface area contributed by atoms with Gasteiger partial charge in [-0.3, -0.25) is 10.4 Å². The highest BCUT2D eigenvalue weighted by Gasteiger charge is 2.19. The number of guanidine groups is 1. The van der Waals surface area contributed by atoms with E-state index in [9.17, 15) is 0 Å². The van der Waals surface area contributed by atoms with Gasteiger partial charge in [0.2, 0.25) is 5.96 Å². The van der Waals surface area contributed by atoms with E-state index >= 15 is 0 Å². The SMILES string of the molecule is CN=C(NN)N(C)C1CCCCC1. The van der Waals surface area contributed by atoms with E-state index in [1.807, 2.05) is 0 Å². The summed E-state index contributed by atoms with van der Waals surface area (Å²) in [6, 6.07) is 0.614. The van der Waals surface area contributed by atoms with Crippen molar-refractivity contribution >= 4 is 5.96 Å². The van der Waals surface area contributed by atoms with E-state index in [1.165, 1.54) is 32.1 Å². The first-order valence-corrected chi connectivity index (χ1v) is 4.96. The summed E-state index contributed by atoms with van der Waals surface area (Å²) in [6.07, 6.45) is 6.56. The monoisotopic (exact) mass is 184 g/mol. The molecule has 76 valence electrons. The lowest BCUT2D eigenvalue weighted by Crippen LogP contribution is -2.48. The van der Waals surface area contributed by atoms with Crippen LogP contribution >= 0.6 is 0 Å². The largest absolute Gasteiger partial charge is 0.342 e. The van der Waals surface area contributed by atoms with Crippen molar-refractivity contribution in [2.75, 3.05) is 14.1 Å². The van der Waals surface area contributed by atoms with Crippen LogP contribution in [0, 0.1) is 0 Å². The van der Waals surface area contributed by atoms with Gasteiger partial charge in [0.15, 0.2) is 0 Å². The number of nitrogens with zero attached hydrogens (tertiary/aromatic N) is 2. The molecule has 13 heavy (non-hydrogen) atoms. The molecule has 0 bridgehead atoms. The fraction of sp³-hybridized carbons (Fsp3) is 0.889. The second-order valence-corrected chi connectivity index (χ2v) is 3.59. The minimum atomic E-state index is 0.614. The zero-order valence-electron chi connectivity index (χ0n) is 8.58. The second kappa shape index (κ2) is 5.07. The molecule has 1 rings (SSSR count). The smallest absolute Gasteiger partial charge is 0.208 e. The Bertz CT molecular complexity index is 172. The van der Waals surface area contributed by atoms with Gasteiger partial charge < -0.3 is 4.90 Å². The molecule has 0 radical (unpaired) electrons. The first-order valence-electron chi connectivity index (χ1n) is 4.96. The van der Waals surface area contributed by atoms with Crippen molar-refractivity contribution < 1.29 is 0 Å². The van der Waals surface area contributed by atoms with Crippen molar-refractivity contribution in [3.05, 3.63) is 0 Å². The molecule has 0 aliphatic heterocycles. The van der Waals surface area contributed by atoms with Gasteiger partial charge in [0.05, 0.1) is 0 Å². The van der Waals surface area contributed by atoms with Crippen LogP contribution in [0.2, 0.25) is 0 Å². The quantitative estimate of drug-likeness (QED) is 0.273. The van der Waals surface area contributed by atoms with Gasteiger partial charge in [0.25, 0.3) is 0 Å². The maximum Gasteiger partial charge on any atom is 0.208 e. The van der Waals surface area contributed by atoms with Crippen LogP contribution in [-0.4, -0.2) is 31.0 Å².